The van der Waals surface area contributed by atoms with Gasteiger partial charge in [-0.25, -0.2) is 0 Å². The molecule has 1 unspecified atom stereocenters. The Morgan fingerprint density at radius 2 is 2.00 bits per heavy atom. The van der Waals surface area contributed by atoms with Gasteiger partial charge >= 0.3 is 0 Å². The third-order valence-corrected chi connectivity index (χ3v) is 3.96. The van der Waals surface area contributed by atoms with Crippen molar-refractivity contribution in [2.45, 2.75) is 27.7 Å². The number of aryl methyl sites for hydroxylation is 1. The molecule has 17 heavy (non-hydrogen) atoms. The molecule has 1 aromatic rings. The van der Waals surface area contributed by atoms with Gasteiger partial charge < -0.3 is 4.74 Å². The number of rotatable bonds is 4. The molecule has 1 aromatic carbocycles. The van der Waals surface area contributed by atoms with Gasteiger partial charge in [0.05, 0.1) is 6.61 Å². The smallest absolute Gasteiger partial charge is 0.122 e. The van der Waals surface area contributed by atoms with Crippen LogP contribution in [-0.4, -0.2) is 12.4 Å². The summed E-state index contributed by atoms with van der Waals surface area (Å²) >= 11 is 7.86. The standard InChI is InChI=1S/C14H21BrOS/c1-10-7-12(15)5-6-13(10)16-8-11(9-17)14(2,3)4/h5-7,11,17H,8-9H2,1-4H3. The molecule has 0 radical (unpaired) electrons. The summed E-state index contributed by atoms with van der Waals surface area (Å²) in [5.74, 6) is 2.26. The first-order valence-electron chi connectivity index (χ1n) is 5.84. The van der Waals surface area contributed by atoms with Crippen molar-refractivity contribution in [1.82, 2.24) is 0 Å². The Labute approximate surface area is 118 Å². The summed E-state index contributed by atoms with van der Waals surface area (Å²) in [6.07, 6.45) is 0. The van der Waals surface area contributed by atoms with E-state index in [-0.39, 0.29) is 5.41 Å². The molecule has 1 rings (SSSR count). The Morgan fingerprint density at radius 3 is 2.47 bits per heavy atom. The first-order valence-corrected chi connectivity index (χ1v) is 7.27. The van der Waals surface area contributed by atoms with Crippen LogP contribution in [0.5, 0.6) is 5.75 Å². The maximum Gasteiger partial charge on any atom is 0.122 e. The minimum Gasteiger partial charge on any atom is -0.493 e. The van der Waals surface area contributed by atoms with E-state index in [9.17, 15) is 0 Å². The molecule has 1 atom stereocenters. The van der Waals surface area contributed by atoms with Crippen molar-refractivity contribution in [3.8, 4) is 5.75 Å². The molecule has 0 aliphatic heterocycles. The minimum absolute atomic E-state index is 0.227. The predicted octanol–water partition coefficient (Wildman–Crippen LogP) is 4.73. The van der Waals surface area contributed by atoms with Gasteiger partial charge in [-0.3, -0.25) is 0 Å². The van der Waals surface area contributed by atoms with Crippen LogP contribution in [0.4, 0.5) is 0 Å². The van der Waals surface area contributed by atoms with Crippen molar-refractivity contribution >= 4 is 28.6 Å². The maximum atomic E-state index is 5.90. The fraction of sp³-hybridized carbons (Fsp3) is 0.571. The van der Waals surface area contributed by atoms with E-state index in [1.54, 1.807) is 0 Å². The number of hydrogen-bond acceptors (Lipinski definition) is 2. The second-order valence-corrected chi connectivity index (χ2v) is 6.75. The van der Waals surface area contributed by atoms with Gasteiger partial charge in [-0.1, -0.05) is 36.7 Å². The van der Waals surface area contributed by atoms with Crippen LogP contribution in [0, 0.1) is 18.3 Å². The summed E-state index contributed by atoms with van der Waals surface area (Å²) in [4.78, 5) is 0. The van der Waals surface area contributed by atoms with E-state index in [1.165, 1.54) is 0 Å². The molecule has 0 amide bonds. The van der Waals surface area contributed by atoms with Crippen LogP contribution in [0.1, 0.15) is 26.3 Å². The van der Waals surface area contributed by atoms with Crippen LogP contribution in [0.15, 0.2) is 22.7 Å². The topological polar surface area (TPSA) is 9.23 Å². The highest BCUT2D eigenvalue weighted by atomic mass is 79.9. The van der Waals surface area contributed by atoms with E-state index >= 15 is 0 Å². The zero-order valence-electron chi connectivity index (χ0n) is 11.0. The molecule has 0 aromatic heterocycles. The lowest BCUT2D eigenvalue weighted by Crippen LogP contribution is -2.28. The van der Waals surface area contributed by atoms with Crippen LogP contribution in [0.3, 0.4) is 0 Å². The van der Waals surface area contributed by atoms with E-state index in [4.69, 9.17) is 4.74 Å². The van der Waals surface area contributed by atoms with Gasteiger partial charge in [0.1, 0.15) is 5.75 Å². The normalized spacial score (nSPS) is 13.5. The fourth-order valence-electron chi connectivity index (χ4n) is 1.54. The number of thiol groups is 1. The average Bonchev–Trinajstić information content (AvgIpc) is 2.19. The van der Waals surface area contributed by atoms with Crippen LogP contribution in [-0.2, 0) is 0 Å². The molecule has 0 aliphatic rings. The first-order chi connectivity index (χ1) is 7.84. The highest BCUT2D eigenvalue weighted by Gasteiger charge is 2.24. The molecule has 0 bridgehead atoms. The molecule has 96 valence electrons. The van der Waals surface area contributed by atoms with Crippen LogP contribution in [0.2, 0.25) is 0 Å². The largest absolute Gasteiger partial charge is 0.493 e. The molecule has 0 heterocycles. The minimum atomic E-state index is 0.227. The van der Waals surface area contributed by atoms with Crippen molar-refractivity contribution in [3.63, 3.8) is 0 Å². The van der Waals surface area contributed by atoms with Gasteiger partial charge in [0.2, 0.25) is 0 Å². The average molecular weight is 317 g/mol. The van der Waals surface area contributed by atoms with Crippen molar-refractivity contribution in [2.24, 2.45) is 11.3 Å². The summed E-state index contributed by atoms with van der Waals surface area (Å²) < 4.78 is 6.99. The van der Waals surface area contributed by atoms with Gasteiger partial charge in [-0.2, -0.15) is 12.6 Å². The Morgan fingerprint density at radius 1 is 1.35 bits per heavy atom. The molecule has 1 nitrogen and oxygen atoms in total. The second-order valence-electron chi connectivity index (χ2n) is 5.47. The van der Waals surface area contributed by atoms with Crippen molar-refractivity contribution < 1.29 is 4.74 Å². The second kappa shape index (κ2) is 6.14. The summed E-state index contributed by atoms with van der Waals surface area (Å²) in [6, 6.07) is 6.09. The fourth-order valence-corrected chi connectivity index (χ4v) is 2.67. The summed E-state index contributed by atoms with van der Waals surface area (Å²) in [5, 5.41) is 0. The Balaban J connectivity index is 2.66. The molecular formula is C14H21BrOS. The molecule has 0 fully saturated rings. The van der Waals surface area contributed by atoms with E-state index in [1.807, 2.05) is 12.1 Å². The molecule has 3 heteroatoms. The Hall–Kier alpha value is -0.150. The summed E-state index contributed by atoms with van der Waals surface area (Å²) in [5.41, 5.74) is 1.39. The Kier molecular flexibility index (Phi) is 5.39. The maximum absolute atomic E-state index is 5.90. The highest BCUT2D eigenvalue weighted by Crippen LogP contribution is 2.29. The quantitative estimate of drug-likeness (QED) is 0.790. The number of hydrogen-bond donors (Lipinski definition) is 1. The summed E-state index contributed by atoms with van der Waals surface area (Å²) in [7, 11) is 0. The van der Waals surface area contributed by atoms with Gasteiger partial charge in [0.25, 0.3) is 0 Å². The molecule has 0 N–H and O–H groups in total. The number of benzene rings is 1. The van der Waals surface area contributed by atoms with Crippen molar-refractivity contribution in [2.75, 3.05) is 12.4 Å². The number of ether oxygens (including phenoxy) is 1. The lowest BCUT2D eigenvalue weighted by molar-refractivity contribution is 0.164. The first kappa shape index (κ1) is 14.9. The summed E-state index contributed by atoms with van der Waals surface area (Å²) in [6.45, 7) is 9.46. The molecule has 0 saturated carbocycles. The van der Waals surface area contributed by atoms with Crippen LogP contribution >= 0.6 is 28.6 Å². The molecular weight excluding hydrogens is 296 g/mol. The van der Waals surface area contributed by atoms with Crippen LogP contribution < -0.4 is 4.74 Å². The monoisotopic (exact) mass is 316 g/mol. The van der Waals surface area contributed by atoms with Gasteiger partial charge in [0, 0.05) is 10.4 Å². The molecule has 0 saturated heterocycles. The van der Waals surface area contributed by atoms with Gasteiger partial charge in [0.15, 0.2) is 0 Å². The number of halogens is 1. The van der Waals surface area contributed by atoms with E-state index < -0.39 is 0 Å². The van der Waals surface area contributed by atoms with E-state index in [2.05, 4.69) is 62.3 Å². The molecule has 0 spiro atoms. The lowest BCUT2D eigenvalue weighted by Gasteiger charge is -2.29. The lowest BCUT2D eigenvalue weighted by atomic mass is 9.82. The third kappa shape index (κ3) is 4.55. The van der Waals surface area contributed by atoms with Crippen molar-refractivity contribution in [3.05, 3.63) is 28.2 Å². The zero-order chi connectivity index (χ0) is 13.1. The van der Waals surface area contributed by atoms with Gasteiger partial charge in [-0.05, 0) is 41.9 Å². The Bertz CT molecular complexity index is 371. The molecule has 0 aliphatic carbocycles. The van der Waals surface area contributed by atoms with Gasteiger partial charge in [-0.15, -0.1) is 0 Å². The predicted molar refractivity (Wildman–Crippen MR) is 81.2 cm³/mol. The highest BCUT2D eigenvalue weighted by molar-refractivity contribution is 9.10. The zero-order valence-corrected chi connectivity index (χ0v) is 13.4. The van der Waals surface area contributed by atoms with Crippen LogP contribution in [0.25, 0.3) is 0 Å². The van der Waals surface area contributed by atoms with E-state index in [0.29, 0.717) is 5.92 Å². The van der Waals surface area contributed by atoms with Crippen molar-refractivity contribution in [1.29, 1.82) is 0 Å². The SMILES string of the molecule is Cc1cc(Br)ccc1OCC(CS)C(C)(C)C. The third-order valence-electron chi connectivity index (χ3n) is 3.02. The van der Waals surface area contributed by atoms with E-state index in [0.717, 1.165) is 28.1 Å².